The fourth-order valence-electron chi connectivity index (χ4n) is 8.79. The van der Waals surface area contributed by atoms with Gasteiger partial charge in [-0.2, -0.15) is 0 Å². The Morgan fingerprint density at radius 2 is 0.917 bits per heavy atom. The van der Waals surface area contributed by atoms with Crippen LogP contribution in [0.4, 0.5) is 0 Å². The molecule has 0 bridgehead atoms. The van der Waals surface area contributed by atoms with Gasteiger partial charge in [0.1, 0.15) is 36.0 Å². The summed E-state index contributed by atoms with van der Waals surface area (Å²) in [7, 11) is 0. The first-order chi connectivity index (χ1) is 34.9. The summed E-state index contributed by atoms with van der Waals surface area (Å²) in [5.74, 6) is -5.11. The second kappa shape index (κ2) is 23.2. The number of fused-ring (bicyclic) bond motifs is 3. The molecule has 0 aliphatic carbocycles. The van der Waals surface area contributed by atoms with Gasteiger partial charge in [-0.25, -0.2) is 4.79 Å². The summed E-state index contributed by atoms with van der Waals surface area (Å²) in [4.78, 5) is 89.6. The van der Waals surface area contributed by atoms with E-state index < -0.39 is 66.4 Å². The number of carbonyl (C=O) groups excluding carboxylic acids is 5. The van der Waals surface area contributed by atoms with E-state index in [-0.39, 0.29) is 43.8 Å². The molecule has 2 heterocycles. The van der Waals surface area contributed by atoms with Crippen molar-refractivity contribution in [3.05, 3.63) is 186 Å². The van der Waals surface area contributed by atoms with Gasteiger partial charge in [0.15, 0.2) is 0 Å². The Morgan fingerprint density at radius 3 is 1.51 bits per heavy atom. The van der Waals surface area contributed by atoms with Crippen LogP contribution in [-0.2, 0) is 60.9 Å². The molecule has 368 valence electrons. The molecule has 72 heavy (non-hydrogen) atoms. The standard InChI is InChI=1S/C56H55N7O9/c64-33-50(55(70)60-47(28-36-19-23-41(65)24-20-36)53(68)62-49(56(71)72)30-40-32-58-45-17-9-7-15-43(40)45)63-54(69)48(29-39-31-57-44-16-8-6-14-42(39)44)61-52(67)46(27-34-10-2-1-3-11-34)59-51(66)25-21-35-18-22-37-12-4-5-13-38(37)26-35/h1-20,22-24,26,31-32,46-50,57-58,64-65H,21,25,27-30,33H2,(H,59,66)(H,60,70)(H,61,67)(H,62,68)(H,63,69)(H,71,72)/t46-,47-,48-,49+,50-/m0/s1. The highest BCUT2D eigenvalue weighted by molar-refractivity contribution is 5.97. The minimum Gasteiger partial charge on any atom is -0.508 e. The lowest BCUT2D eigenvalue weighted by Gasteiger charge is -2.26. The minimum atomic E-state index is -1.66. The van der Waals surface area contributed by atoms with Gasteiger partial charge in [-0.3, -0.25) is 24.0 Å². The fraction of sp³-hybridized carbons (Fsp3) is 0.214. The summed E-state index contributed by atoms with van der Waals surface area (Å²) in [5.41, 5.74) is 5.04. The predicted molar refractivity (Wildman–Crippen MR) is 273 cm³/mol. The molecule has 6 aromatic carbocycles. The SMILES string of the molecule is O=C(CCc1ccc2ccccc2c1)N[C@@H](Cc1ccccc1)C(=O)N[C@@H](Cc1c[nH]c2ccccc12)C(=O)N[C@@H](CO)C(=O)N[C@@H](Cc1ccc(O)cc1)C(=O)N[C@H](Cc1c[nH]c2ccccc12)C(=O)O. The highest BCUT2D eigenvalue weighted by Gasteiger charge is 2.33. The third kappa shape index (κ3) is 12.7. The molecule has 2 aromatic heterocycles. The van der Waals surface area contributed by atoms with E-state index >= 15 is 0 Å². The molecule has 5 atom stereocenters. The number of aromatic amines is 2. The number of aryl methyl sites for hydroxylation is 1. The van der Waals surface area contributed by atoms with Crippen LogP contribution in [0.2, 0.25) is 0 Å². The third-order valence-corrected chi connectivity index (χ3v) is 12.7. The Morgan fingerprint density at radius 1 is 0.458 bits per heavy atom. The van der Waals surface area contributed by atoms with Crippen LogP contribution in [0, 0.1) is 0 Å². The van der Waals surface area contributed by atoms with Crippen molar-refractivity contribution in [3.8, 4) is 5.75 Å². The molecule has 0 saturated heterocycles. The van der Waals surface area contributed by atoms with Crippen molar-refractivity contribution < 1.29 is 44.1 Å². The number of amides is 5. The number of carboxylic acid groups (broad SMARTS) is 1. The van der Waals surface area contributed by atoms with Crippen molar-refractivity contribution in [1.82, 2.24) is 36.6 Å². The molecule has 0 fully saturated rings. The summed E-state index contributed by atoms with van der Waals surface area (Å²) in [6, 6.07) is 36.5. The van der Waals surface area contributed by atoms with Crippen molar-refractivity contribution in [2.45, 2.75) is 68.7 Å². The molecule has 5 amide bonds. The number of H-pyrrole nitrogens is 2. The zero-order valence-corrected chi connectivity index (χ0v) is 39.1. The number of hydrogen-bond acceptors (Lipinski definition) is 8. The van der Waals surface area contributed by atoms with Crippen LogP contribution in [-0.4, -0.2) is 97.6 Å². The Hall–Kier alpha value is -8.76. The normalized spacial score (nSPS) is 13.3. The quantitative estimate of drug-likeness (QED) is 0.0442. The molecule has 10 N–H and O–H groups in total. The number of aliphatic hydroxyl groups excluding tert-OH is 1. The van der Waals surface area contributed by atoms with Crippen molar-refractivity contribution >= 4 is 68.1 Å². The summed E-state index contributed by atoms with van der Waals surface area (Å²) >= 11 is 0. The molecule has 0 saturated carbocycles. The van der Waals surface area contributed by atoms with E-state index in [4.69, 9.17) is 0 Å². The van der Waals surface area contributed by atoms with Crippen LogP contribution in [0.5, 0.6) is 5.75 Å². The molecule has 8 aromatic rings. The molecular weight excluding hydrogens is 915 g/mol. The van der Waals surface area contributed by atoms with Crippen molar-refractivity contribution in [2.24, 2.45) is 0 Å². The molecule has 0 unspecified atom stereocenters. The molecule has 0 aliphatic rings. The maximum atomic E-state index is 14.5. The van der Waals surface area contributed by atoms with Crippen LogP contribution < -0.4 is 26.6 Å². The van der Waals surface area contributed by atoms with Gasteiger partial charge in [0, 0.05) is 66.3 Å². The number of phenolic OH excluding ortho intramolecular Hbond substituents is 1. The van der Waals surface area contributed by atoms with Gasteiger partial charge in [-0.15, -0.1) is 0 Å². The minimum absolute atomic E-state index is 0.0449. The lowest BCUT2D eigenvalue weighted by Crippen LogP contribution is -2.60. The number of aliphatic hydroxyl groups is 1. The van der Waals surface area contributed by atoms with E-state index in [1.54, 1.807) is 12.4 Å². The topological polar surface area (TPSA) is 255 Å². The Kier molecular flexibility index (Phi) is 16.0. The molecule has 8 rings (SSSR count). The maximum Gasteiger partial charge on any atom is 0.326 e. The number of carbonyl (C=O) groups is 6. The van der Waals surface area contributed by atoms with Gasteiger partial charge in [0.25, 0.3) is 0 Å². The van der Waals surface area contributed by atoms with E-state index in [9.17, 15) is 44.1 Å². The highest BCUT2D eigenvalue weighted by atomic mass is 16.4. The van der Waals surface area contributed by atoms with Crippen molar-refractivity contribution in [1.29, 1.82) is 0 Å². The number of para-hydroxylation sites is 2. The van der Waals surface area contributed by atoms with Crippen LogP contribution in [0.25, 0.3) is 32.6 Å². The second-order valence-electron chi connectivity index (χ2n) is 17.8. The Balaban J connectivity index is 1.00. The molecular formula is C56H55N7O9. The smallest absolute Gasteiger partial charge is 0.326 e. The maximum absolute atomic E-state index is 14.5. The van der Waals surface area contributed by atoms with Gasteiger partial charge in [0.2, 0.25) is 29.5 Å². The third-order valence-electron chi connectivity index (χ3n) is 12.7. The predicted octanol–water partition coefficient (Wildman–Crippen LogP) is 4.91. The van der Waals surface area contributed by atoms with Crippen molar-refractivity contribution in [2.75, 3.05) is 6.61 Å². The average Bonchev–Trinajstić information content (AvgIpc) is 4.00. The lowest BCUT2D eigenvalue weighted by atomic mass is 10.0. The number of carboxylic acids is 1. The van der Waals surface area contributed by atoms with E-state index in [0.717, 1.165) is 43.7 Å². The van der Waals surface area contributed by atoms with E-state index in [0.29, 0.717) is 23.1 Å². The van der Waals surface area contributed by atoms with Gasteiger partial charge < -0.3 is 51.9 Å². The number of aromatic nitrogens is 2. The summed E-state index contributed by atoms with van der Waals surface area (Å²) < 4.78 is 0. The van der Waals surface area contributed by atoms with E-state index in [1.165, 1.54) is 24.3 Å². The largest absolute Gasteiger partial charge is 0.508 e. The molecule has 16 nitrogen and oxygen atoms in total. The second-order valence-corrected chi connectivity index (χ2v) is 17.8. The van der Waals surface area contributed by atoms with Gasteiger partial charge in [-0.1, -0.05) is 121 Å². The zero-order chi connectivity index (χ0) is 50.6. The zero-order valence-electron chi connectivity index (χ0n) is 39.1. The number of phenols is 1. The first kappa shape index (κ1) is 49.7. The number of nitrogens with one attached hydrogen (secondary N) is 7. The highest BCUT2D eigenvalue weighted by Crippen LogP contribution is 2.22. The average molecular weight is 970 g/mol. The summed E-state index contributed by atoms with van der Waals surface area (Å²) in [6.45, 7) is -0.929. The van der Waals surface area contributed by atoms with E-state index in [1.807, 2.05) is 121 Å². The Bertz CT molecular complexity index is 3210. The van der Waals surface area contributed by atoms with E-state index in [2.05, 4.69) is 36.6 Å². The molecule has 16 heteroatoms. The van der Waals surface area contributed by atoms with Crippen LogP contribution >= 0.6 is 0 Å². The van der Waals surface area contributed by atoms with Gasteiger partial charge in [0.05, 0.1) is 6.61 Å². The molecule has 0 aliphatic heterocycles. The number of aliphatic carboxylic acids is 1. The number of rotatable bonds is 22. The first-order valence-electron chi connectivity index (χ1n) is 23.6. The van der Waals surface area contributed by atoms with Gasteiger partial charge >= 0.3 is 5.97 Å². The van der Waals surface area contributed by atoms with Crippen LogP contribution in [0.15, 0.2) is 158 Å². The van der Waals surface area contributed by atoms with Gasteiger partial charge in [-0.05, 0) is 69.3 Å². The Labute approximate surface area is 414 Å². The summed E-state index contributed by atoms with van der Waals surface area (Å²) in [6.07, 6.45) is 3.62. The number of benzene rings is 6. The monoisotopic (exact) mass is 969 g/mol. The lowest BCUT2D eigenvalue weighted by molar-refractivity contribution is -0.142. The van der Waals surface area contributed by atoms with Crippen molar-refractivity contribution in [3.63, 3.8) is 0 Å². The number of hydrogen-bond donors (Lipinski definition) is 10. The van der Waals surface area contributed by atoms with Crippen LogP contribution in [0.3, 0.4) is 0 Å². The van der Waals surface area contributed by atoms with Crippen LogP contribution in [0.1, 0.15) is 34.2 Å². The first-order valence-corrected chi connectivity index (χ1v) is 23.6. The number of aromatic hydroxyl groups is 1. The molecule has 0 radical (unpaired) electrons. The fourth-order valence-corrected chi connectivity index (χ4v) is 8.79. The summed E-state index contributed by atoms with van der Waals surface area (Å²) in [5, 5.41) is 47.9. The molecule has 0 spiro atoms.